The third-order valence-electron chi connectivity index (χ3n) is 6.15. The molecule has 1 aliphatic carbocycles. The third kappa shape index (κ3) is 5.14. The van der Waals surface area contributed by atoms with Crippen molar-refractivity contribution < 1.29 is 21.8 Å². The van der Waals surface area contributed by atoms with Gasteiger partial charge in [-0.3, -0.25) is 4.79 Å². The highest BCUT2D eigenvalue weighted by Crippen LogP contribution is 2.40. The van der Waals surface area contributed by atoms with Crippen LogP contribution in [-0.2, 0) is 10.1 Å². The van der Waals surface area contributed by atoms with Crippen molar-refractivity contribution >= 4 is 21.8 Å². The summed E-state index contributed by atoms with van der Waals surface area (Å²) in [5, 5.41) is 10.6. The number of benzene rings is 1. The van der Waals surface area contributed by atoms with Crippen LogP contribution in [0.1, 0.15) is 60.3 Å². The van der Waals surface area contributed by atoms with E-state index in [1.54, 1.807) is 41.6 Å². The van der Waals surface area contributed by atoms with Crippen molar-refractivity contribution in [3.05, 3.63) is 65.8 Å². The highest BCUT2D eigenvalue weighted by atomic mass is 32.2. The quantitative estimate of drug-likeness (QED) is 0.332. The SMILES string of the molecule is Cc1c(-n2cnc(C3CC3)c2)cc(C(=O)Nc2cccc(-c3nncn3C(C)C)n2)c(F)c1OS(C)(=O)=O. The Bertz CT molecular complexity index is 1640. The molecule has 198 valence electrons. The minimum Gasteiger partial charge on any atom is -0.379 e. The fourth-order valence-electron chi connectivity index (χ4n) is 4.07. The Morgan fingerprint density at radius 3 is 2.68 bits per heavy atom. The van der Waals surface area contributed by atoms with Crippen LogP contribution < -0.4 is 9.50 Å². The molecule has 0 aliphatic heterocycles. The molecule has 1 fully saturated rings. The van der Waals surface area contributed by atoms with Crippen LogP contribution >= 0.6 is 0 Å². The number of rotatable bonds is 8. The standard InChI is InChI=1S/C25H26FN7O4S/c1-14(2)33-13-28-31-24(33)18-6-5-7-21(29-18)30-25(34)17-10-20(32-11-19(27-12-32)16-8-9-16)15(3)23(22(17)26)37-38(4,35)36/h5-7,10-14,16H,8-9H2,1-4H3,(H,29,30,34). The molecule has 1 aliphatic rings. The van der Waals surface area contributed by atoms with E-state index < -0.39 is 33.2 Å². The lowest BCUT2D eigenvalue weighted by molar-refractivity contribution is 0.102. The van der Waals surface area contributed by atoms with E-state index in [0.717, 1.165) is 24.8 Å². The highest BCUT2D eigenvalue weighted by molar-refractivity contribution is 7.86. The molecule has 0 unspecified atom stereocenters. The fraction of sp³-hybridized carbons (Fsp3) is 0.320. The van der Waals surface area contributed by atoms with Gasteiger partial charge >= 0.3 is 10.1 Å². The fourth-order valence-corrected chi connectivity index (χ4v) is 4.57. The van der Waals surface area contributed by atoms with Crippen molar-refractivity contribution in [1.29, 1.82) is 0 Å². The van der Waals surface area contributed by atoms with Crippen LogP contribution in [0.4, 0.5) is 10.2 Å². The van der Waals surface area contributed by atoms with Crippen LogP contribution in [0, 0.1) is 12.7 Å². The van der Waals surface area contributed by atoms with E-state index in [9.17, 15) is 13.2 Å². The van der Waals surface area contributed by atoms with Crippen molar-refractivity contribution in [3.63, 3.8) is 0 Å². The number of hydrogen-bond acceptors (Lipinski definition) is 8. The Morgan fingerprint density at radius 1 is 1.24 bits per heavy atom. The third-order valence-corrected chi connectivity index (χ3v) is 6.62. The second-order valence-electron chi connectivity index (χ2n) is 9.50. The van der Waals surface area contributed by atoms with E-state index >= 15 is 4.39 Å². The number of nitrogens with one attached hydrogen (secondary N) is 1. The van der Waals surface area contributed by atoms with Gasteiger partial charge in [0.1, 0.15) is 17.8 Å². The monoisotopic (exact) mass is 539 g/mol. The minimum absolute atomic E-state index is 0.0806. The molecule has 3 heterocycles. The number of halogens is 1. The minimum atomic E-state index is -4.09. The van der Waals surface area contributed by atoms with Crippen molar-refractivity contribution in [2.45, 2.75) is 45.6 Å². The molecule has 38 heavy (non-hydrogen) atoms. The number of imidazole rings is 1. The Labute approximate surface area is 218 Å². The Morgan fingerprint density at radius 2 is 2.00 bits per heavy atom. The van der Waals surface area contributed by atoms with E-state index in [0.29, 0.717) is 23.1 Å². The zero-order valence-electron chi connectivity index (χ0n) is 21.2. The average Bonchev–Trinajstić information content (AvgIpc) is 3.37. The van der Waals surface area contributed by atoms with E-state index in [-0.39, 0.29) is 17.4 Å². The molecule has 4 aromatic rings. The molecule has 0 radical (unpaired) electrons. The van der Waals surface area contributed by atoms with E-state index in [4.69, 9.17) is 4.18 Å². The predicted octanol–water partition coefficient (Wildman–Crippen LogP) is 4.02. The van der Waals surface area contributed by atoms with Gasteiger partial charge in [0.05, 0.1) is 29.5 Å². The van der Waals surface area contributed by atoms with Gasteiger partial charge in [-0.2, -0.15) is 8.42 Å². The average molecular weight is 540 g/mol. The largest absolute Gasteiger partial charge is 0.379 e. The summed E-state index contributed by atoms with van der Waals surface area (Å²) < 4.78 is 47.9. The van der Waals surface area contributed by atoms with Gasteiger partial charge < -0.3 is 18.6 Å². The molecule has 0 saturated heterocycles. The molecule has 5 rings (SSSR count). The Kier molecular flexibility index (Phi) is 6.47. The number of anilines is 1. The van der Waals surface area contributed by atoms with Gasteiger partial charge in [0.25, 0.3) is 5.91 Å². The van der Waals surface area contributed by atoms with Crippen molar-refractivity contribution in [2.75, 3.05) is 11.6 Å². The molecule has 1 N–H and O–H groups in total. The van der Waals surface area contributed by atoms with Gasteiger partial charge in [-0.15, -0.1) is 10.2 Å². The maximum absolute atomic E-state index is 15.6. The number of hydrogen-bond donors (Lipinski definition) is 1. The number of pyridine rings is 1. The first-order chi connectivity index (χ1) is 18.0. The summed E-state index contributed by atoms with van der Waals surface area (Å²) >= 11 is 0. The maximum Gasteiger partial charge on any atom is 0.306 e. The smallest absolute Gasteiger partial charge is 0.306 e. The van der Waals surface area contributed by atoms with Crippen LogP contribution in [0.2, 0.25) is 0 Å². The lowest BCUT2D eigenvalue weighted by Gasteiger charge is -2.16. The molecule has 0 spiro atoms. The first-order valence-electron chi connectivity index (χ1n) is 12.0. The van der Waals surface area contributed by atoms with Gasteiger partial charge in [-0.1, -0.05) is 6.07 Å². The summed E-state index contributed by atoms with van der Waals surface area (Å²) in [4.78, 5) is 22.1. The molecular formula is C25H26FN7O4S. The van der Waals surface area contributed by atoms with Gasteiger partial charge in [0.2, 0.25) is 0 Å². The number of amides is 1. The molecule has 0 bridgehead atoms. The molecule has 0 atom stereocenters. The number of carbonyl (C=O) groups excluding carboxylic acids is 1. The maximum atomic E-state index is 15.6. The predicted molar refractivity (Wildman–Crippen MR) is 137 cm³/mol. The summed E-state index contributed by atoms with van der Waals surface area (Å²) in [7, 11) is -4.09. The molecule has 3 aromatic heterocycles. The molecule has 1 amide bonds. The molecular weight excluding hydrogens is 513 g/mol. The summed E-state index contributed by atoms with van der Waals surface area (Å²) in [6.45, 7) is 5.47. The van der Waals surface area contributed by atoms with Crippen LogP contribution in [0.15, 0.2) is 43.1 Å². The van der Waals surface area contributed by atoms with E-state index in [1.807, 2.05) is 18.4 Å². The summed E-state index contributed by atoms with van der Waals surface area (Å²) in [6.07, 6.45) is 7.82. The first-order valence-corrected chi connectivity index (χ1v) is 13.8. The van der Waals surface area contributed by atoms with Crippen molar-refractivity contribution in [3.8, 4) is 23.0 Å². The first kappa shape index (κ1) is 25.5. The van der Waals surface area contributed by atoms with Crippen LogP contribution in [-0.4, -0.2) is 49.9 Å². The number of carbonyl (C=O) groups is 1. The van der Waals surface area contributed by atoms with E-state index in [2.05, 4.69) is 25.5 Å². The molecule has 13 heteroatoms. The van der Waals surface area contributed by atoms with Crippen LogP contribution in [0.25, 0.3) is 17.2 Å². The van der Waals surface area contributed by atoms with Gasteiger partial charge in [0, 0.05) is 23.7 Å². The summed E-state index contributed by atoms with van der Waals surface area (Å²) in [5.41, 5.74) is 1.49. The Balaban J connectivity index is 1.53. The lowest BCUT2D eigenvalue weighted by atomic mass is 10.1. The highest BCUT2D eigenvalue weighted by Gasteiger charge is 2.28. The van der Waals surface area contributed by atoms with Gasteiger partial charge in [-0.25, -0.2) is 14.4 Å². The topological polar surface area (TPSA) is 134 Å². The Hall–Kier alpha value is -4.13. The van der Waals surface area contributed by atoms with Crippen molar-refractivity contribution in [2.24, 2.45) is 0 Å². The summed E-state index contributed by atoms with van der Waals surface area (Å²) in [5.74, 6) is -1.46. The molecule has 1 aromatic carbocycles. The lowest BCUT2D eigenvalue weighted by Crippen LogP contribution is -2.18. The molecule has 11 nitrogen and oxygen atoms in total. The second kappa shape index (κ2) is 9.63. The number of nitrogens with zero attached hydrogens (tertiary/aromatic N) is 6. The zero-order chi connectivity index (χ0) is 27.2. The zero-order valence-corrected chi connectivity index (χ0v) is 22.0. The van der Waals surface area contributed by atoms with E-state index in [1.165, 1.54) is 13.0 Å². The second-order valence-corrected chi connectivity index (χ2v) is 11.1. The molecule has 1 saturated carbocycles. The van der Waals surface area contributed by atoms with Gasteiger partial charge in [-0.05, 0) is 51.8 Å². The van der Waals surface area contributed by atoms with Gasteiger partial charge in [0.15, 0.2) is 17.4 Å². The summed E-state index contributed by atoms with van der Waals surface area (Å²) in [6, 6.07) is 6.37. The van der Waals surface area contributed by atoms with Crippen LogP contribution in [0.5, 0.6) is 5.75 Å². The van der Waals surface area contributed by atoms with Crippen LogP contribution in [0.3, 0.4) is 0 Å². The number of aromatic nitrogens is 6. The van der Waals surface area contributed by atoms with Crippen molar-refractivity contribution in [1.82, 2.24) is 29.3 Å². The normalized spacial score (nSPS) is 13.6.